The third-order valence-electron chi connectivity index (χ3n) is 3.50. The molecule has 1 nitrogen and oxygen atoms in total. The van der Waals surface area contributed by atoms with Crippen molar-refractivity contribution >= 4 is 5.69 Å². The summed E-state index contributed by atoms with van der Waals surface area (Å²) in [6.45, 7) is 5.66. The lowest BCUT2D eigenvalue weighted by Gasteiger charge is -2.34. The number of hydrogen-bond acceptors (Lipinski definition) is 1. The molecule has 0 spiro atoms. The molecule has 0 saturated heterocycles. The fourth-order valence-corrected chi connectivity index (χ4v) is 2.05. The lowest BCUT2D eigenvalue weighted by atomic mass is 9.75. The minimum absolute atomic E-state index is 0.898. The first kappa shape index (κ1) is 9.57. The molecule has 1 aliphatic carbocycles. The number of para-hydroxylation sites is 1. The number of nitrogens with one attached hydrogen (secondary N) is 1. The molecule has 0 aliphatic heterocycles. The molecular weight excluding hydrogens is 170 g/mol. The molecule has 1 fully saturated rings. The summed E-state index contributed by atoms with van der Waals surface area (Å²) in [7, 11) is 0. The van der Waals surface area contributed by atoms with E-state index in [1.54, 1.807) is 0 Å². The fraction of sp³-hybridized carbons (Fsp3) is 0.538. The number of aryl methyl sites for hydroxylation is 1. The maximum atomic E-state index is 3.55. The third kappa shape index (κ3) is 1.92. The van der Waals surface area contributed by atoms with Gasteiger partial charge in [0.05, 0.1) is 0 Å². The molecule has 0 heterocycles. The molecule has 2 rings (SSSR count). The lowest BCUT2D eigenvalue weighted by molar-refractivity contribution is 0.210. The molecule has 14 heavy (non-hydrogen) atoms. The largest absolute Gasteiger partial charge is 0.385 e. The summed E-state index contributed by atoms with van der Waals surface area (Å²) in [6, 6.07) is 8.51. The standard InChI is InChI=1S/C13H19N/c1-10-7-8-12(10)9-14-13-6-4-3-5-11(13)2/h3-6,10,12,14H,7-9H2,1-2H3/t10-,12-/m1/s1. The van der Waals surface area contributed by atoms with E-state index in [9.17, 15) is 0 Å². The average molecular weight is 189 g/mol. The molecule has 1 N–H and O–H groups in total. The van der Waals surface area contributed by atoms with E-state index in [0.29, 0.717) is 0 Å². The number of rotatable bonds is 3. The van der Waals surface area contributed by atoms with Crippen LogP contribution in [0.5, 0.6) is 0 Å². The topological polar surface area (TPSA) is 12.0 Å². The molecule has 2 atom stereocenters. The molecule has 0 radical (unpaired) electrons. The van der Waals surface area contributed by atoms with E-state index in [1.807, 2.05) is 0 Å². The monoisotopic (exact) mass is 189 g/mol. The van der Waals surface area contributed by atoms with Crippen LogP contribution in [0.3, 0.4) is 0 Å². The zero-order chi connectivity index (χ0) is 9.97. The van der Waals surface area contributed by atoms with Gasteiger partial charge in [-0.2, -0.15) is 0 Å². The Morgan fingerprint density at radius 1 is 1.29 bits per heavy atom. The van der Waals surface area contributed by atoms with Crippen LogP contribution in [0, 0.1) is 18.8 Å². The maximum Gasteiger partial charge on any atom is 0.0369 e. The summed E-state index contributed by atoms with van der Waals surface area (Å²) >= 11 is 0. The van der Waals surface area contributed by atoms with Gasteiger partial charge in [-0.25, -0.2) is 0 Å². The van der Waals surface area contributed by atoms with Crippen molar-refractivity contribution in [2.75, 3.05) is 11.9 Å². The van der Waals surface area contributed by atoms with Crippen molar-refractivity contribution < 1.29 is 0 Å². The van der Waals surface area contributed by atoms with Crippen molar-refractivity contribution in [2.45, 2.75) is 26.7 Å². The van der Waals surface area contributed by atoms with E-state index >= 15 is 0 Å². The first-order valence-electron chi connectivity index (χ1n) is 5.57. The minimum atomic E-state index is 0.898. The lowest BCUT2D eigenvalue weighted by Crippen LogP contribution is -2.29. The van der Waals surface area contributed by atoms with Gasteiger partial charge in [-0.05, 0) is 36.8 Å². The van der Waals surface area contributed by atoms with Crippen molar-refractivity contribution in [2.24, 2.45) is 11.8 Å². The second-order valence-electron chi connectivity index (χ2n) is 4.51. The summed E-state index contributed by atoms with van der Waals surface area (Å²) in [5.74, 6) is 1.82. The van der Waals surface area contributed by atoms with Gasteiger partial charge >= 0.3 is 0 Å². The highest BCUT2D eigenvalue weighted by atomic mass is 14.9. The Morgan fingerprint density at radius 3 is 2.64 bits per heavy atom. The van der Waals surface area contributed by atoms with E-state index in [1.165, 1.54) is 24.1 Å². The highest BCUT2D eigenvalue weighted by Gasteiger charge is 2.25. The van der Waals surface area contributed by atoms with E-state index in [4.69, 9.17) is 0 Å². The van der Waals surface area contributed by atoms with Crippen molar-refractivity contribution in [3.63, 3.8) is 0 Å². The normalized spacial score (nSPS) is 25.6. The summed E-state index contributed by atoms with van der Waals surface area (Å²) in [5.41, 5.74) is 2.64. The van der Waals surface area contributed by atoms with E-state index in [-0.39, 0.29) is 0 Å². The smallest absolute Gasteiger partial charge is 0.0369 e. The molecule has 1 heteroatoms. The molecule has 0 aromatic heterocycles. The molecule has 1 aliphatic rings. The fourth-order valence-electron chi connectivity index (χ4n) is 2.05. The minimum Gasteiger partial charge on any atom is -0.385 e. The summed E-state index contributed by atoms with van der Waals surface area (Å²) < 4.78 is 0. The number of hydrogen-bond donors (Lipinski definition) is 1. The SMILES string of the molecule is Cc1ccccc1NC[C@H]1CC[C@H]1C. The summed E-state index contributed by atoms with van der Waals surface area (Å²) in [6.07, 6.45) is 2.82. The molecule has 76 valence electrons. The molecule has 1 saturated carbocycles. The Hall–Kier alpha value is -0.980. The Labute approximate surface area is 86.5 Å². The molecule has 0 bridgehead atoms. The second kappa shape index (κ2) is 4.04. The van der Waals surface area contributed by atoms with Crippen LogP contribution in [0.1, 0.15) is 25.3 Å². The molecule has 1 aromatic rings. The van der Waals surface area contributed by atoms with E-state index in [2.05, 4.69) is 43.4 Å². The zero-order valence-corrected chi connectivity index (χ0v) is 9.09. The first-order valence-corrected chi connectivity index (χ1v) is 5.57. The maximum absolute atomic E-state index is 3.55. The van der Waals surface area contributed by atoms with Gasteiger partial charge in [-0.3, -0.25) is 0 Å². The van der Waals surface area contributed by atoms with Crippen LogP contribution in [-0.2, 0) is 0 Å². The molecule has 1 aromatic carbocycles. The van der Waals surface area contributed by atoms with E-state index < -0.39 is 0 Å². The highest BCUT2D eigenvalue weighted by molar-refractivity contribution is 5.50. The van der Waals surface area contributed by atoms with Gasteiger partial charge in [-0.15, -0.1) is 0 Å². The third-order valence-corrected chi connectivity index (χ3v) is 3.50. The number of benzene rings is 1. The Balaban J connectivity index is 1.88. The van der Waals surface area contributed by atoms with Crippen LogP contribution in [0.15, 0.2) is 24.3 Å². The van der Waals surface area contributed by atoms with Crippen LogP contribution >= 0.6 is 0 Å². The Bertz CT molecular complexity index is 306. The van der Waals surface area contributed by atoms with Crippen molar-refractivity contribution in [3.8, 4) is 0 Å². The van der Waals surface area contributed by atoms with Crippen molar-refractivity contribution in [3.05, 3.63) is 29.8 Å². The predicted octanol–water partition coefficient (Wildman–Crippen LogP) is 3.45. The van der Waals surface area contributed by atoms with Gasteiger partial charge in [0, 0.05) is 12.2 Å². The predicted molar refractivity (Wildman–Crippen MR) is 61.6 cm³/mol. The zero-order valence-electron chi connectivity index (χ0n) is 9.09. The Morgan fingerprint density at radius 2 is 2.07 bits per heavy atom. The quantitative estimate of drug-likeness (QED) is 0.768. The molecular formula is C13H19N. The van der Waals surface area contributed by atoms with Crippen LogP contribution in [0.2, 0.25) is 0 Å². The summed E-state index contributed by atoms with van der Waals surface area (Å²) in [5, 5.41) is 3.55. The Kier molecular flexibility index (Phi) is 2.76. The number of anilines is 1. The first-order chi connectivity index (χ1) is 6.77. The van der Waals surface area contributed by atoms with Gasteiger partial charge in [0.1, 0.15) is 0 Å². The van der Waals surface area contributed by atoms with Crippen LogP contribution < -0.4 is 5.32 Å². The van der Waals surface area contributed by atoms with Gasteiger partial charge in [0.15, 0.2) is 0 Å². The summed E-state index contributed by atoms with van der Waals surface area (Å²) in [4.78, 5) is 0. The van der Waals surface area contributed by atoms with Gasteiger partial charge < -0.3 is 5.32 Å². The van der Waals surface area contributed by atoms with Crippen molar-refractivity contribution in [1.82, 2.24) is 0 Å². The van der Waals surface area contributed by atoms with Crippen LogP contribution in [0.4, 0.5) is 5.69 Å². The van der Waals surface area contributed by atoms with Crippen LogP contribution in [-0.4, -0.2) is 6.54 Å². The van der Waals surface area contributed by atoms with Gasteiger partial charge in [0.25, 0.3) is 0 Å². The van der Waals surface area contributed by atoms with Crippen molar-refractivity contribution in [1.29, 1.82) is 0 Å². The van der Waals surface area contributed by atoms with Gasteiger partial charge in [0.2, 0.25) is 0 Å². The molecule has 0 amide bonds. The second-order valence-corrected chi connectivity index (χ2v) is 4.51. The average Bonchev–Trinajstić information content (AvgIpc) is 2.19. The van der Waals surface area contributed by atoms with E-state index in [0.717, 1.165) is 18.4 Å². The highest BCUT2D eigenvalue weighted by Crippen LogP contribution is 2.33. The molecule has 0 unspecified atom stereocenters. The van der Waals surface area contributed by atoms with Gasteiger partial charge in [-0.1, -0.05) is 31.5 Å². The van der Waals surface area contributed by atoms with Crippen LogP contribution in [0.25, 0.3) is 0 Å².